The molecule has 0 radical (unpaired) electrons. The van der Waals surface area contributed by atoms with Crippen LogP contribution in [0.1, 0.15) is 23.1 Å². The highest BCUT2D eigenvalue weighted by molar-refractivity contribution is 9.10. The molecule has 0 saturated carbocycles. The molecule has 4 aromatic rings. The molecule has 3 aromatic carbocycles. The van der Waals surface area contributed by atoms with E-state index >= 15 is 0 Å². The van der Waals surface area contributed by atoms with Gasteiger partial charge in [0.2, 0.25) is 0 Å². The van der Waals surface area contributed by atoms with Gasteiger partial charge in [-0.05, 0) is 36.4 Å². The maximum absolute atomic E-state index is 13.7. The fourth-order valence-corrected chi connectivity index (χ4v) is 4.68. The Labute approximate surface area is 200 Å². The van der Waals surface area contributed by atoms with Crippen LogP contribution >= 0.6 is 15.9 Å². The summed E-state index contributed by atoms with van der Waals surface area (Å²) < 4.78 is 33.0. The maximum Gasteiger partial charge on any atom is 0.426 e. The van der Waals surface area contributed by atoms with Crippen LogP contribution in [0.3, 0.4) is 0 Å². The molecule has 2 unspecified atom stereocenters. The molecular weight excluding hydrogens is 505 g/mol. The van der Waals surface area contributed by atoms with E-state index in [4.69, 9.17) is 13.9 Å². The van der Waals surface area contributed by atoms with Crippen molar-refractivity contribution in [2.45, 2.75) is 12.0 Å². The van der Waals surface area contributed by atoms with Crippen molar-refractivity contribution in [2.75, 3.05) is 0 Å². The Morgan fingerprint density at radius 1 is 0.971 bits per heavy atom. The van der Waals surface area contributed by atoms with Gasteiger partial charge in [-0.25, -0.2) is 13.8 Å². The van der Waals surface area contributed by atoms with Crippen LogP contribution in [0.4, 0.5) is 4.39 Å². The molecule has 1 aliphatic heterocycles. The standard InChI is InChI=1S/C26H15BrFNO5/c27-14-8-10-16(11-9-14)29-25(30)22-20-13-21(32-17-5-3-4-15(28)12-17)33-23(20)18-6-1-2-7-19(18)24(22)34-26(29)31/h1-13,20,23H. The van der Waals surface area contributed by atoms with E-state index in [-0.39, 0.29) is 17.5 Å². The van der Waals surface area contributed by atoms with Crippen molar-refractivity contribution in [1.82, 2.24) is 4.57 Å². The Kier molecular flexibility index (Phi) is 4.77. The highest BCUT2D eigenvalue weighted by Gasteiger charge is 2.43. The van der Waals surface area contributed by atoms with Gasteiger partial charge in [0.1, 0.15) is 23.4 Å². The number of hydrogen-bond donors (Lipinski definition) is 0. The Balaban J connectivity index is 1.53. The van der Waals surface area contributed by atoms with Crippen LogP contribution in [-0.4, -0.2) is 4.57 Å². The molecule has 8 heteroatoms. The molecule has 2 aliphatic rings. The third-order valence-electron chi connectivity index (χ3n) is 5.88. The largest absolute Gasteiger partial charge is 0.456 e. The lowest BCUT2D eigenvalue weighted by molar-refractivity contribution is 0.0598. The summed E-state index contributed by atoms with van der Waals surface area (Å²) in [4.78, 5) is 26.6. The second-order valence-electron chi connectivity index (χ2n) is 7.92. The summed E-state index contributed by atoms with van der Waals surface area (Å²) in [5.41, 5.74) is 1.56. The molecule has 2 atom stereocenters. The fourth-order valence-electron chi connectivity index (χ4n) is 4.42. The molecule has 2 heterocycles. The Morgan fingerprint density at radius 3 is 2.56 bits per heavy atom. The van der Waals surface area contributed by atoms with Crippen LogP contribution in [0.5, 0.6) is 5.75 Å². The van der Waals surface area contributed by atoms with Gasteiger partial charge in [-0.15, -0.1) is 0 Å². The summed E-state index contributed by atoms with van der Waals surface area (Å²) in [5, 5.41) is 0. The average Bonchev–Trinajstić information content (AvgIpc) is 3.23. The molecule has 6 rings (SSSR count). The quantitative estimate of drug-likeness (QED) is 0.360. The summed E-state index contributed by atoms with van der Waals surface area (Å²) in [7, 11) is 0. The lowest BCUT2D eigenvalue weighted by atomic mass is 9.81. The smallest absolute Gasteiger partial charge is 0.426 e. The first-order valence-corrected chi connectivity index (χ1v) is 11.3. The molecule has 1 aliphatic carbocycles. The molecule has 6 nitrogen and oxygen atoms in total. The van der Waals surface area contributed by atoms with Crippen molar-refractivity contribution in [3.05, 3.63) is 127 Å². The second-order valence-corrected chi connectivity index (χ2v) is 8.84. The topological polar surface area (TPSA) is 70.7 Å². The van der Waals surface area contributed by atoms with Crippen molar-refractivity contribution < 1.29 is 18.3 Å². The number of nitrogens with zero attached hydrogens (tertiary/aromatic N) is 1. The van der Waals surface area contributed by atoms with E-state index in [1.165, 1.54) is 18.2 Å². The SMILES string of the molecule is O=c1oc2c(c(=O)n1-c1ccc(Br)cc1)C1C=C(Oc3cccc(F)c3)OC1c1ccccc1-2. The predicted octanol–water partition coefficient (Wildman–Crippen LogP) is 5.45. The molecule has 0 fully saturated rings. The number of fused-ring (bicyclic) bond motifs is 6. The van der Waals surface area contributed by atoms with Gasteiger partial charge in [0, 0.05) is 27.7 Å². The van der Waals surface area contributed by atoms with Gasteiger partial charge in [0.25, 0.3) is 11.5 Å². The van der Waals surface area contributed by atoms with Gasteiger partial charge >= 0.3 is 5.76 Å². The summed E-state index contributed by atoms with van der Waals surface area (Å²) in [6, 6.07) is 19.8. The average molecular weight is 520 g/mol. The zero-order valence-electron chi connectivity index (χ0n) is 17.4. The minimum atomic E-state index is -0.779. The highest BCUT2D eigenvalue weighted by atomic mass is 79.9. The van der Waals surface area contributed by atoms with E-state index < -0.39 is 29.2 Å². The Bertz CT molecular complexity index is 1590. The maximum atomic E-state index is 13.7. The lowest BCUT2D eigenvalue weighted by Crippen LogP contribution is -2.36. The molecule has 0 N–H and O–H groups in total. The second kappa shape index (κ2) is 7.85. The normalized spacial score (nSPS) is 17.8. The molecule has 0 saturated heterocycles. The summed E-state index contributed by atoms with van der Waals surface area (Å²) in [6.45, 7) is 0. The lowest BCUT2D eigenvalue weighted by Gasteiger charge is -2.27. The number of hydrogen-bond acceptors (Lipinski definition) is 5. The molecule has 1 aromatic heterocycles. The highest BCUT2D eigenvalue weighted by Crippen LogP contribution is 2.50. The van der Waals surface area contributed by atoms with E-state index in [2.05, 4.69) is 15.9 Å². The number of benzene rings is 3. The van der Waals surface area contributed by atoms with E-state index in [1.54, 1.807) is 48.5 Å². The minimum absolute atomic E-state index is 0.143. The number of aromatic nitrogens is 1. The summed E-state index contributed by atoms with van der Waals surface area (Å²) in [5.74, 6) is -1.16. The molecule has 0 spiro atoms. The number of rotatable bonds is 3. The van der Waals surface area contributed by atoms with Gasteiger partial charge in [-0.1, -0.05) is 46.3 Å². The van der Waals surface area contributed by atoms with Crippen LogP contribution in [0.2, 0.25) is 0 Å². The van der Waals surface area contributed by atoms with E-state index in [1.807, 2.05) is 12.1 Å². The van der Waals surface area contributed by atoms with Gasteiger partial charge in [-0.3, -0.25) is 4.79 Å². The van der Waals surface area contributed by atoms with Crippen LogP contribution < -0.4 is 16.1 Å². The Morgan fingerprint density at radius 2 is 1.76 bits per heavy atom. The van der Waals surface area contributed by atoms with Gasteiger partial charge in [0.05, 0.1) is 17.2 Å². The number of ether oxygens (including phenoxy) is 2. The van der Waals surface area contributed by atoms with E-state index in [9.17, 15) is 14.0 Å². The first-order chi connectivity index (χ1) is 16.5. The first kappa shape index (κ1) is 20.7. The fraction of sp³-hybridized carbons (Fsp3) is 0.0769. The molecular formula is C26H15BrFNO5. The predicted molar refractivity (Wildman–Crippen MR) is 125 cm³/mol. The third kappa shape index (κ3) is 3.30. The monoisotopic (exact) mass is 519 g/mol. The first-order valence-electron chi connectivity index (χ1n) is 10.5. The molecule has 34 heavy (non-hydrogen) atoms. The van der Waals surface area contributed by atoms with Crippen molar-refractivity contribution in [3.8, 4) is 22.8 Å². The van der Waals surface area contributed by atoms with Crippen LogP contribution in [-0.2, 0) is 4.74 Å². The van der Waals surface area contributed by atoms with Crippen molar-refractivity contribution in [3.63, 3.8) is 0 Å². The van der Waals surface area contributed by atoms with Crippen molar-refractivity contribution in [1.29, 1.82) is 0 Å². The number of halogens is 2. The van der Waals surface area contributed by atoms with Crippen molar-refractivity contribution >= 4 is 15.9 Å². The van der Waals surface area contributed by atoms with E-state index in [0.717, 1.165) is 14.6 Å². The summed E-state index contributed by atoms with van der Waals surface area (Å²) in [6.07, 6.45) is 1.10. The van der Waals surface area contributed by atoms with Crippen LogP contribution in [0.25, 0.3) is 17.0 Å². The third-order valence-corrected chi connectivity index (χ3v) is 6.41. The Hall–Kier alpha value is -3.91. The minimum Gasteiger partial charge on any atom is -0.456 e. The molecule has 168 valence electrons. The van der Waals surface area contributed by atoms with E-state index in [0.29, 0.717) is 16.8 Å². The molecule has 0 bridgehead atoms. The van der Waals surface area contributed by atoms with Crippen molar-refractivity contribution in [2.24, 2.45) is 0 Å². The van der Waals surface area contributed by atoms with Gasteiger partial charge in [0.15, 0.2) is 0 Å². The van der Waals surface area contributed by atoms with Gasteiger partial charge < -0.3 is 13.9 Å². The zero-order valence-corrected chi connectivity index (χ0v) is 19.0. The van der Waals surface area contributed by atoms with Gasteiger partial charge in [-0.2, -0.15) is 0 Å². The molecule has 0 amide bonds. The zero-order chi connectivity index (χ0) is 23.4. The van der Waals surface area contributed by atoms with Crippen LogP contribution in [0.15, 0.2) is 103 Å². The van der Waals surface area contributed by atoms with Crippen LogP contribution in [0, 0.1) is 5.82 Å². The summed E-state index contributed by atoms with van der Waals surface area (Å²) >= 11 is 3.36.